The van der Waals surface area contributed by atoms with E-state index in [-0.39, 0.29) is 17.0 Å². The average Bonchev–Trinajstić information content (AvgIpc) is 2.44. The number of fused-ring (bicyclic) bond motifs is 3. The summed E-state index contributed by atoms with van der Waals surface area (Å²) < 4.78 is 9.11. The fourth-order valence-corrected chi connectivity index (χ4v) is 4.98. The molecule has 0 atom stereocenters. The van der Waals surface area contributed by atoms with Gasteiger partial charge < -0.3 is 31.9 Å². The number of nitrogen functional groups attached to an aromatic ring is 1. The number of quaternary nitrogens is 1. The molecule has 0 aromatic heterocycles. The first-order chi connectivity index (χ1) is 9.58. The summed E-state index contributed by atoms with van der Waals surface area (Å²) >= 11 is 7.04. The molecule has 4 rings (SSSR count). The van der Waals surface area contributed by atoms with Crippen LogP contribution in [0.15, 0.2) is 21.1 Å². The number of piperidine rings is 3. The molecule has 3 aliphatic heterocycles. The molecule has 0 spiro atoms. The molecule has 1 aromatic rings. The van der Waals surface area contributed by atoms with Crippen molar-refractivity contribution in [3.8, 4) is 5.75 Å². The summed E-state index contributed by atoms with van der Waals surface area (Å²) in [5, 5.41) is 0. The molecular weight excluding hydrogens is 464 g/mol. The van der Waals surface area contributed by atoms with Crippen LogP contribution < -0.4 is 27.5 Å². The number of halogens is 3. The summed E-state index contributed by atoms with van der Waals surface area (Å²) in [6.07, 6.45) is 4.24. The maximum atomic E-state index is 6.00. The monoisotopic (exact) mass is 482 g/mol. The van der Waals surface area contributed by atoms with Crippen LogP contribution >= 0.6 is 31.9 Å². The summed E-state index contributed by atoms with van der Waals surface area (Å²) in [4.78, 5) is 0. The molecule has 3 aliphatic rings. The van der Waals surface area contributed by atoms with Crippen LogP contribution in [0.5, 0.6) is 5.75 Å². The van der Waals surface area contributed by atoms with Crippen molar-refractivity contribution in [2.24, 2.45) is 5.92 Å². The fraction of sp³-hybridized carbons (Fsp3) is 0.600. The summed E-state index contributed by atoms with van der Waals surface area (Å²) in [6, 6.07) is 3.78. The lowest BCUT2D eigenvalue weighted by Crippen LogP contribution is -3.00. The van der Waals surface area contributed by atoms with E-state index in [2.05, 4.69) is 31.9 Å². The molecule has 21 heavy (non-hydrogen) atoms. The number of hydrogen-bond donors (Lipinski definition) is 1. The Morgan fingerprint density at radius 1 is 1.10 bits per heavy atom. The van der Waals surface area contributed by atoms with Gasteiger partial charge in [-0.1, -0.05) is 0 Å². The van der Waals surface area contributed by atoms with Gasteiger partial charge in [-0.15, -0.1) is 0 Å². The molecule has 3 fully saturated rings. The molecule has 6 heteroatoms. The molecule has 2 N–H and O–H groups in total. The van der Waals surface area contributed by atoms with Gasteiger partial charge in [0.15, 0.2) is 0 Å². The summed E-state index contributed by atoms with van der Waals surface area (Å²) in [5.74, 6) is 1.88. The van der Waals surface area contributed by atoms with Gasteiger partial charge in [0.05, 0.1) is 28.6 Å². The first-order valence-electron chi connectivity index (χ1n) is 7.30. The Bertz CT molecular complexity index is 465. The van der Waals surface area contributed by atoms with E-state index < -0.39 is 0 Å². The second-order valence-electron chi connectivity index (χ2n) is 6.13. The minimum absolute atomic E-state index is 0. The molecule has 118 valence electrons. The minimum atomic E-state index is 0. The topological polar surface area (TPSA) is 35.2 Å². The highest BCUT2D eigenvalue weighted by atomic mass is 79.9. The number of ether oxygens (including phenoxy) is 1. The van der Waals surface area contributed by atoms with E-state index in [4.69, 9.17) is 10.5 Å². The van der Waals surface area contributed by atoms with E-state index in [1.54, 1.807) is 0 Å². The van der Waals surface area contributed by atoms with Crippen molar-refractivity contribution >= 4 is 37.5 Å². The minimum Gasteiger partial charge on any atom is -1.00 e. The highest BCUT2D eigenvalue weighted by molar-refractivity contribution is 9.11. The van der Waals surface area contributed by atoms with Gasteiger partial charge in [0.2, 0.25) is 0 Å². The van der Waals surface area contributed by atoms with E-state index in [0.29, 0.717) is 0 Å². The zero-order valence-corrected chi connectivity index (χ0v) is 16.7. The first-order valence-corrected chi connectivity index (χ1v) is 8.89. The zero-order chi connectivity index (χ0) is 14.2. The van der Waals surface area contributed by atoms with Crippen molar-refractivity contribution < 1.29 is 26.2 Å². The standard InChI is InChI=1S/C15H21Br2N2O.BrH/c16-13-9-12(18)10-14(17)15(13)20-8-7-19-4-1-11(2-5-19)3-6-19;/h9-11H,1-8,18H2;1H/q+1;/p-1. The molecule has 2 bridgehead atoms. The van der Waals surface area contributed by atoms with Crippen LogP contribution in [-0.4, -0.2) is 37.3 Å². The molecule has 0 aliphatic carbocycles. The lowest BCUT2D eigenvalue weighted by atomic mass is 9.86. The average molecular weight is 485 g/mol. The molecule has 3 heterocycles. The van der Waals surface area contributed by atoms with E-state index in [9.17, 15) is 0 Å². The highest BCUT2D eigenvalue weighted by Gasteiger charge is 2.39. The quantitative estimate of drug-likeness (QED) is 0.507. The van der Waals surface area contributed by atoms with Crippen LogP contribution in [0.3, 0.4) is 0 Å². The van der Waals surface area contributed by atoms with Crippen LogP contribution in [-0.2, 0) is 0 Å². The molecular formula is C15H21Br3N2O. The second kappa shape index (κ2) is 7.20. The largest absolute Gasteiger partial charge is 1.00 e. The number of rotatable bonds is 4. The Morgan fingerprint density at radius 3 is 2.14 bits per heavy atom. The smallest absolute Gasteiger partial charge is 0.148 e. The molecule has 0 amide bonds. The maximum Gasteiger partial charge on any atom is 0.148 e. The van der Waals surface area contributed by atoms with Crippen LogP contribution in [0.2, 0.25) is 0 Å². The van der Waals surface area contributed by atoms with Crippen molar-refractivity contribution in [3.05, 3.63) is 21.1 Å². The normalized spacial score (nSPS) is 27.2. The number of anilines is 1. The van der Waals surface area contributed by atoms with Crippen molar-refractivity contribution in [3.63, 3.8) is 0 Å². The molecule has 3 nitrogen and oxygen atoms in total. The van der Waals surface area contributed by atoms with Gasteiger partial charge in [-0.3, -0.25) is 0 Å². The number of nitrogens with zero attached hydrogens (tertiary/aromatic N) is 1. The van der Waals surface area contributed by atoms with Crippen LogP contribution in [0, 0.1) is 5.92 Å². The third kappa shape index (κ3) is 3.95. The number of nitrogens with two attached hydrogens (primary N) is 1. The van der Waals surface area contributed by atoms with Gasteiger partial charge in [-0.25, -0.2) is 0 Å². The third-order valence-electron chi connectivity index (χ3n) is 4.87. The Labute approximate surface area is 153 Å². The molecule has 0 saturated carbocycles. The van der Waals surface area contributed by atoms with Crippen LogP contribution in [0.4, 0.5) is 5.69 Å². The maximum absolute atomic E-state index is 6.00. The van der Waals surface area contributed by atoms with E-state index in [1.165, 1.54) is 43.4 Å². The first kappa shape index (κ1) is 17.6. The van der Waals surface area contributed by atoms with Gasteiger partial charge in [0.1, 0.15) is 18.9 Å². The predicted octanol–water partition coefficient (Wildman–Crippen LogP) is 0.807. The molecule has 0 radical (unpaired) electrons. The van der Waals surface area contributed by atoms with E-state index >= 15 is 0 Å². The van der Waals surface area contributed by atoms with Crippen LogP contribution in [0.25, 0.3) is 0 Å². The van der Waals surface area contributed by atoms with Gasteiger partial charge >= 0.3 is 0 Å². The molecule has 0 unspecified atom stereocenters. The van der Waals surface area contributed by atoms with Crippen molar-refractivity contribution in [2.75, 3.05) is 38.5 Å². The highest BCUT2D eigenvalue weighted by Crippen LogP contribution is 2.36. The van der Waals surface area contributed by atoms with E-state index in [0.717, 1.165) is 39.5 Å². The second-order valence-corrected chi connectivity index (χ2v) is 7.84. The summed E-state index contributed by atoms with van der Waals surface area (Å²) in [5.41, 5.74) is 6.54. The van der Waals surface area contributed by atoms with Crippen molar-refractivity contribution in [1.29, 1.82) is 0 Å². The SMILES string of the molecule is Nc1cc(Br)c(OCC[N+]23CCC(CC2)CC3)c(Br)c1.[Br-]. The Morgan fingerprint density at radius 2 is 1.62 bits per heavy atom. The zero-order valence-electron chi connectivity index (χ0n) is 12.0. The number of benzene rings is 1. The third-order valence-corrected chi connectivity index (χ3v) is 6.05. The Hall–Kier alpha value is 0.220. The lowest BCUT2D eigenvalue weighted by molar-refractivity contribution is -0.942. The predicted molar refractivity (Wildman–Crippen MR) is 88.8 cm³/mol. The van der Waals surface area contributed by atoms with Gasteiger partial charge in [0.25, 0.3) is 0 Å². The summed E-state index contributed by atoms with van der Waals surface area (Å²) in [6.45, 7) is 5.93. The van der Waals surface area contributed by atoms with Crippen molar-refractivity contribution in [1.82, 2.24) is 0 Å². The van der Waals surface area contributed by atoms with E-state index in [1.807, 2.05) is 12.1 Å². The lowest BCUT2D eigenvalue weighted by Gasteiger charge is -2.49. The molecule has 3 saturated heterocycles. The Kier molecular flexibility index (Phi) is 6.02. The van der Waals surface area contributed by atoms with Crippen molar-refractivity contribution in [2.45, 2.75) is 19.3 Å². The Balaban J connectivity index is 0.00000161. The van der Waals surface area contributed by atoms with Gasteiger partial charge in [-0.05, 0) is 69.2 Å². The van der Waals surface area contributed by atoms with Crippen LogP contribution in [0.1, 0.15) is 19.3 Å². The summed E-state index contributed by atoms with van der Waals surface area (Å²) in [7, 11) is 0. The number of hydrogen-bond acceptors (Lipinski definition) is 2. The van der Waals surface area contributed by atoms with Gasteiger partial charge in [0, 0.05) is 5.69 Å². The van der Waals surface area contributed by atoms with Gasteiger partial charge in [-0.2, -0.15) is 0 Å². The fourth-order valence-electron chi connectivity index (χ4n) is 3.53. The molecule has 1 aromatic carbocycles.